The Bertz CT molecular complexity index is 587. The fourth-order valence-corrected chi connectivity index (χ4v) is 3.73. The lowest BCUT2D eigenvalue weighted by Gasteiger charge is -2.37. The predicted molar refractivity (Wildman–Crippen MR) is 94.8 cm³/mol. The van der Waals surface area contributed by atoms with Crippen LogP contribution < -0.4 is 4.74 Å². The molecule has 3 rings (SSSR count). The molecule has 25 heavy (non-hydrogen) atoms. The van der Waals surface area contributed by atoms with Gasteiger partial charge in [-0.15, -0.1) is 0 Å². The predicted octanol–water partition coefficient (Wildman–Crippen LogP) is 1.37. The summed E-state index contributed by atoms with van der Waals surface area (Å²) in [5.74, 6) is 1.07. The van der Waals surface area contributed by atoms with E-state index >= 15 is 0 Å². The first-order chi connectivity index (χ1) is 12.2. The summed E-state index contributed by atoms with van der Waals surface area (Å²) < 4.78 is 10.8. The molecule has 0 aliphatic carbocycles. The first-order valence-corrected chi connectivity index (χ1v) is 9.08. The van der Waals surface area contributed by atoms with Crippen molar-refractivity contribution in [3.05, 3.63) is 29.3 Å². The van der Waals surface area contributed by atoms with Gasteiger partial charge in [0.25, 0.3) is 5.91 Å². The molecule has 2 fully saturated rings. The van der Waals surface area contributed by atoms with Crippen LogP contribution in [0.4, 0.5) is 0 Å². The molecular weight excluding hydrogens is 320 g/mol. The second kappa shape index (κ2) is 8.65. The van der Waals surface area contributed by atoms with Crippen molar-refractivity contribution in [1.82, 2.24) is 9.80 Å². The molecule has 1 amide bonds. The van der Waals surface area contributed by atoms with Crippen molar-refractivity contribution in [1.29, 1.82) is 0 Å². The number of piperidine rings is 1. The molecule has 0 aromatic heterocycles. The van der Waals surface area contributed by atoms with Crippen LogP contribution in [0.5, 0.6) is 5.75 Å². The van der Waals surface area contributed by atoms with Crippen molar-refractivity contribution in [2.24, 2.45) is 5.92 Å². The number of ether oxygens (including phenoxy) is 2. The third kappa shape index (κ3) is 4.51. The molecule has 2 aliphatic rings. The minimum atomic E-state index is -0.0594. The van der Waals surface area contributed by atoms with E-state index in [0.29, 0.717) is 17.2 Å². The Morgan fingerprint density at radius 2 is 2.12 bits per heavy atom. The van der Waals surface area contributed by atoms with Gasteiger partial charge in [0.05, 0.1) is 32.5 Å². The Balaban J connectivity index is 1.65. The summed E-state index contributed by atoms with van der Waals surface area (Å²) in [7, 11) is 1.56. The van der Waals surface area contributed by atoms with Gasteiger partial charge < -0.3 is 19.5 Å². The lowest BCUT2D eigenvalue weighted by Crippen LogP contribution is -2.46. The van der Waals surface area contributed by atoms with Gasteiger partial charge in [0.2, 0.25) is 0 Å². The fourth-order valence-electron chi connectivity index (χ4n) is 3.73. The molecule has 138 valence electrons. The highest BCUT2D eigenvalue weighted by molar-refractivity contribution is 5.97. The maximum Gasteiger partial charge on any atom is 0.257 e. The molecule has 0 radical (unpaired) electrons. The van der Waals surface area contributed by atoms with Gasteiger partial charge in [0, 0.05) is 32.7 Å². The molecule has 0 unspecified atom stereocenters. The molecule has 1 N–H and O–H groups in total. The molecule has 1 atom stereocenters. The number of amides is 1. The van der Waals surface area contributed by atoms with Crippen LogP contribution in [0.2, 0.25) is 0 Å². The van der Waals surface area contributed by atoms with E-state index in [-0.39, 0.29) is 12.5 Å². The standard InChI is InChI=1S/C19H28N2O4/c1-24-18-11-15(14-22)4-5-17(18)19(23)21-6-2-3-16(13-21)12-20-7-9-25-10-8-20/h4-5,11,16,22H,2-3,6-10,12-14H2,1H3/t16-/m1/s1. The number of hydrogen-bond acceptors (Lipinski definition) is 5. The summed E-state index contributed by atoms with van der Waals surface area (Å²) in [6, 6.07) is 5.28. The second-order valence-corrected chi connectivity index (χ2v) is 6.87. The van der Waals surface area contributed by atoms with Gasteiger partial charge in [0.1, 0.15) is 5.75 Å². The average Bonchev–Trinajstić information content (AvgIpc) is 2.68. The van der Waals surface area contributed by atoms with Gasteiger partial charge >= 0.3 is 0 Å². The largest absolute Gasteiger partial charge is 0.496 e. The third-order valence-electron chi connectivity index (χ3n) is 5.11. The minimum absolute atomic E-state index is 0.0213. The van der Waals surface area contributed by atoms with Crippen LogP contribution in [-0.2, 0) is 11.3 Å². The van der Waals surface area contributed by atoms with Crippen LogP contribution >= 0.6 is 0 Å². The highest BCUT2D eigenvalue weighted by atomic mass is 16.5. The maximum atomic E-state index is 13.0. The van der Waals surface area contributed by atoms with E-state index in [4.69, 9.17) is 9.47 Å². The molecule has 1 aromatic carbocycles. The van der Waals surface area contributed by atoms with Gasteiger partial charge in [-0.05, 0) is 36.5 Å². The first-order valence-electron chi connectivity index (χ1n) is 9.08. The second-order valence-electron chi connectivity index (χ2n) is 6.87. The van der Waals surface area contributed by atoms with Gasteiger partial charge in [-0.25, -0.2) is 0 Å². The number of hydrogen-bond donors (Lipinski definition) is 1. The molecule has 6 heteroatoms. The Labute approximate surface area is 149 Å². The fraction of sp³-hybridized carbons (Fsp3) is 0.632. The zero-order valence-electron chi connectivity index (χ0n) is 14.9. The van der Waals surface area contributed by atoms with Crippen LogP contribution in [-0.4, -0.2) is 73.9 Å². The summed E-state index contributed by atoms with van der Waals surface area (Å²) in [6.07, 6.45) is 2.21. The smallest absolute Gasteiger partial charge is 0.257 e. The number of aliphatic hydroxyl groups excluding tert-OH is 1. The van der Waals surface area contributed by atoms with Crippen LogP contribution in [0.15, 0.2) is 18.2 Å². The van der Waals surface area contributed by atoms with Crippen molar-refractivity contribution >= 4 is 5.91 Å². The Kier molecular flexibility index (Phi) is 6.29. The molecule has 2 heterocycles. The van der Waals surface area contributed by atoms with Crippen LogP contribution in [0.3, 0.4) is 0 Å². The van der Waals surface area contributed by atoms with Crippen LogP contribution in [0.1, 0.15) is 28.8 Å². The topological polar surface area (TPSA) is 62.2 Å². The number of nitrogens with zero attached hydrogens (tertiary/aromatic N) is 2. The van der Waals surface area contributed by atoms with Gasteiger partial charge in [0.15, 0.2) is 0 Å². The normalized spacial score (nSPS) is 22.0. The molecule has 0 spiro atoms. The number of likely N-dealkylation sites (tertiary alicyclic amines) is 1. The average molecular weight is 348 g/mol. The Hall–Kier alpha value is -1.63. The zero-order chi connectivity index (χ0) is 17.6. The molecule has 2 aliphatic heterocycles. The number of aliphatic hydroxyl groups is 1. The molecule has 6 nitrogen and oxygen atoms in total. The summed E-state index contributed by atoms with van der Waals surface area (Å²) in [6.45, 7) is 6.16. The van der Waals surface area contributed by atoms with Crippen LogP contribution in [0.25, 0.3) is 0 Å². The summed E-state index contributed by atoms with van der Waals surface area (Å²) in [5, 5.41) is 9.26. The van der Waals surface area contributed by atoms with Crippen molar-refractivity contribution in [3.63, 3.8) is 0 Å². The number of methoxy groups -OCH3 is 1. The molecular formula is C19H28N2O4. The van der Waals surface area contributed by atoms with Gasteiger partial charge in [-0.3, -0.25) is 9.69 Å². The van der Waals surface area contributed by atoms with Crippen molar-refractivity contribution in [2.45, 2.75) is 19.4 Å². The summed E-state index contributed by atoms with van der Waals surface area (Å²) in [4.78, 5) is 17.4. The number of carbonyl (C=O) groups is 1. The Morgan fingerprint density at radius 3 is 2.84 bits per heavy atom. The molecule has 2 saturated heterocycles. The first kappa shape index (κ1) is 18.2. The quantitative estimate of drug-likeness (QED) is 0.871. The van der Waals surface area contributed by atoms with E-state index in [1.807, 2.05) is 4.90 Å². The monoisotopic (exact) mass is 348 g/mol. The highest BCUT2D eigenvalue weighted by Gasteiger charge is 2.27. The highest BCUT2D eigenvalue weighted by Crippen LogP contribution is 2.25. The lowest BCUT2D eigenvalue weighted by molar-refractivity contribution is 0.0223. The summed E-state index contributed by atoms with van der Waals surface area (Å²) >= 11 is 0. The number of benzene rings is 1. The number of rotatable bonds is 5. The van der Waals surface area contributed by atoms with E-state index in [2.05, 4.69) is 4.90 Å². The zero-order valence-corrected chi connectivity index (χ0v) is 14.9. The minimum Gasteiger partial charge on any atom is -0.496 e. The molecule has 0 bridgehead atoms. The van der Waals surface area contributed by atoms with Crippen molar-refractivity contribution in [2.75, 3.05) is 53.0 Å². The number of morpholine rings is 1. The van der Waals surface area contributed by atoms with Crippen LogP contribution in [0, 0.1) is 5.92 Å². The van der Waals surface area contributed by atoms with Gasteiger partial charge in [-0.2, -0.15) is 0 Å². The van der Waals surface area contributed by atoms with E-state index in [1.54, 1.807) is 25.3 Å². The molecule has 0 saturated carbocycles. The SMILES string of the molecule is COc1cc(CO)ccc1C(=O)N1CCC[C@H](CN2CCOCC2)C1. The van der Waals surface area contributed by atoms with Gasteiger partial charge in [-0.1, -0.05) is 6.07 Å². The van der Waals surface area contributed by atoms with E-state index in [1.165, 1.54) is 6.42 Å². The summed E-state index contributed by atoms with van der Waals surface area (Å²) in [5.41, 5.74) is 1.32. The maximum absolute atomic E-state index is 13.0. The molecule has 1 aromatic rings. The van der Waals surface area contributed by atoms with E-state index in [9.17, 15) is 9.90 Å². The van der Waals surface area contributed by atoms with E-state index in [0.717, 1.165) is 57.9 Å². The van der Waals surface area contributed by atoms with Crippen molar-refractivity contribution < 1.29 is 19.4 Å². The van der Waals surface area contributed by atoms with Crippen molar-refractivity contribution in [3.8, 4) is 5.75 Å². The lowest BCUT2D eigenvalue weighted by atomic mass is 9.96. The van der Waals surface area contributed by atoms with E-state index < -0.39 is 0 Å². The number of carbonyl (C=O) groups excluding carboxylic acids is 1. The Morgan fingerprint density at radius 1 is 1.32 bits per heavy atom. The third-order valence-corrected chi connectivity index (χ3v) is 5.11.